The number of benzene rings is 1. The molecule has 4 nitrogen and oxygen atoms in total. The first-order chi connectivity index (χ1) is 8.45. The highest BCUT2D eigenvalue weighted by Crippen LogP contribution is 2.21. The van der Waals surface area contributed by atoms with Crippen molar-refractivity contribution in [2.75, 3.05) is 5.75 Å². The predicted molar refractivity (Wildman–Crippen MR) is 65.9 cm³/mol. The van der Waals surface area contributed by atoms with Crippen LogP contribution in [0.5, 0.6) is 0 Å². The number of aldehydes is 1. The zero-order valence-electron chi connectivity index (χ0n) is 9.67. The SMILES string of the molecule is CC(=O)SCC(O)C(O)c1ccc(C=O)c(F)c1. The molecule has 2 unspecified atom stereocenters. The monoisotopic (exact) mass is 272 g/mol. The molecule has 0 fully saturated rings. The van der Waals surface area contributed by atoms with Gasteiger partial charge in [0.25, 0.3) is 0 Å². The molecule has 0 heterocycles. The molecular formula is C12H13FO4S. The quantitative estimate of drug-likeness (QED) is 0.791. The van der Waals surface area contributed by atoms with Crippen molar-refractivity contribution in [1.29, 1.82) is 0 Å². The van der Waals surface area contributed by atoms with Gasteiger partial charge in [0.05, 0.1) is 11.7 Å². The number of carbonyl (C=O) groups excluding carboxylic acids is 2. The molecule has 0 saturated carbocycles. The lowest BCUT2D eigenvalue weighted by Crippen LogP contribution is -2.21. The predicted octanol–water partition coefficient (Wildman–Crippen LogP) is 1.31. The molecule has 0 saturated heterocycles. The fourth-order valence-electron chi connectivity index (χ4n) is 1.34. The summed E-state index contributed by atoms with van der Waals surface area (Å²) in [6, 6.07) is 3.58. The summed E-state index contributed by atoms with van der Waals surface area (Å²) in [6.45, 7) is 1.35. The van der Waals surface area contributed by atoms with Crippen LogP contribution in [0.2, 0.25) is 0 Å². The van der Waals surface area contributed by atoms with E-state index in [-0.39, 0.29) is 22.0 Å². The van der Waals surface area contributed by atoms with Gasteiger partial charge in [-0.15, -0.1) is 0 Å². The van der Waals surface area contributed by atoms with Gasteiger partial charge in [0, 0.05) is 12.7 Å². The largest absolute Gasteiger partial charge is 0.389 e. The Morgan fingerprint density at radius 3 is 2.67 bits per heavy atom. The molecule has 0 spiro atoms. The molecule has 0 amide bonds. The second-order valence-corrected chi connectivity index (χ2v) is 4.91. The van der Waals surface area contributed by atoms with E-state index >= 15 is 0 Å². The summed E-state index contributed by atoms with van der Waals surface area (Å²) in [7, 11) is 0. The molecule has 0 aliphatic carbocycles. The summed E-state index contributed by atoms with van der Waals surface area (Å²) in [6.07, 6.45) is -2.11. The number of halogens is 1. The van der Waals surface area contributed by atoms with E-state index in [1.54, 1.807) is 0 Å². The lowest BCUT2D eigenvalue weighted by atomic mass is 10.0. The maximum atomic E-state index is 13.3. The van der Waals surface area contributed by atoms with Gasteiger partial charge < -0.3 is 10.2 Å². The summed E-state index contributed by atoms with van der Waals surface area (Å²) >= 11 is 0.875. The van der Waals surface area contributed by atoms with Crippen molar-refractivity contribution in [3.8, 4) is 0 Å². The summed E-state index contributed by atoms with van der Waals surface area (Å²) in [4.78, 5) is 21.1. The second kappa shape index (κ2) is 6.63. The summed E-state index contributed by atoms with van der Waals surface area (Å²) in [5.74, 6) is -0.735. The van der Waals surface area contributed by atoms with Crippen LogP contribution in [0.3, 0.4) is 0 Å². The standard InChI is InChI=1S/C12H13FO4S/c1-7(15)18-6-11(16)12(17)8-2-3-9(5-14)10(13)4-8/h2-5,11-12,16-17H,6H2,1H3. The molecule has 98 valence electrons. The van der Waals surface area contributed by atoms with E-state index in [0.717, 1.165) is 17.8 Å². The van der Waals surface area contributed by atoms with E-state index in [4.69, 9.17) is 0 Å². The maximum absolute atomic E-state index is 13.3. The van der Waals surface area contributed by atoms with Crippen molar-refractivity contribution in [3.63, 3.8) is 0 Å². The Morgan fingerprint density at radius 1 is 1.50 bits per heavy atom. The molecule has 0 aromatic heterocycles. The van der Waals surface area contributed by atoms with Gasteiger partial charge in [-0.2, -0.15) is 0 Å². The number of rotatable bonds is 5. The number of aliphatic hydroxyl groups is 2. The van der Waals surface area contributed by atoms with Gasteiger partial charge in [-0.25, -0.2) is 4.39 Å². The fraction of sp³-hybridized carbons (Fsp3) is 0.333. The Kier molecular flexibility index (Phi) is 5.46. The van der Waals surface area contributed by atoms with E-state index in [1.807, 2.05) is 0 Å². The van der Waals surface area contributed by atoms with Gasteiger partial charge in [-0.1, -0.05) is 17.8 Å². The van der Waals surface area contributed by atoms with Crippen LogP contribution in [0.25, 0.3) is 0 Å². The second-order valence-electron chi connectivity index (χ2n) is 3.71. The van der Waals surface area contributed by atoms with Crippen molar-refractivity contribution >= 4 is 23.2 Å². The minimum atomic E-state index is -1.30. The maximum Gasteiger partial charge on any atom is 0.185 e. The molecule has 0 aliphatic rings. The first-order valence-electron chi connectivity index (χ1n) is 5.19. The minimum absolute atomic E-state index is 0.0214. The molecule has 0 bridgehead atoms. The Labute approximate surface area is 108 Å². The summed E-state index contributed by atoms with van der Waals surface area (Å²) in [5, 5.41) is 19.2. The van der Waals surface area contributed by atoms with Crippen LogP contribution in [0.1, 0.15) is 28.9 Å². The first kappa shape index (κ1) is 14.8. The summed E-state index contributed by atoms with van der Waals surface area (Å²) in [5.41, 5.74) is 0.0494. The third-order valence-electron chi connectivity index (χ3n) is 2.31. The molecular weight excluding hydrogens is 259 g/mol. The van der Waals surface area contributed by atoms with Gasteiger partial charge in [0.15, 0.2) is 11.4 Å². The molecule has 18 heavy (non-hydrogen) atoms. The van der Waals surface area contributed by atoms with Crippen LogP contribution in [0.4, 0.5) is 4.39 Å². The lowest BCUT2D eigenvalue weighted by Gasteiger charge is -2.17. The average molecular weight is 272 g/mol. The highest BCUT2D eigenvalue weighted by molar-refractivity contribution is 8.13. The van der Waals surface area contributed by atoms with E-state index in [9.17, 15) is 24.2 Å². The number of hydrogen-bond donors (Lipinski definition) is 2. The number of carbonyl (C=O) groups is 2. The van der Waals surface area contributed by atoms with Crippen LogP contribution >= 0.6 is 11.8 Å². The zero-order valence-corrected chi connectivity index (χ0v) is 10.5. The average Bonchev–Trinajstić information content (AvgIpc) is 2.34. The van der Waals surface area contributed by atoms with E-state index in [1.165, 1.54) is 19.1 Å². The van der Waals surface area contributed by atoms with Gasteiger partial charge in [-0.05, 0) is 17.7 Å². The van der Waals surface area contributed by atoms with Gasteiger partial charge in [0.1, 0.15) is 11.9 Å². The topological polar surface area (TPSA) is 74.6 Å². The number of thioether (sulfide) groups is 1. The van der Waals surface area contributed by atoms with E-state index in [2.05, 4.69) is 0 Å². The number of aliphatic hydroxyl groups excluding tert-OH is 2. The highest BCUT2D eigenvalue weighted by atomic mass is 32.2. The molecule has 1 aromatic rings. The van der Waals surface area contributed by atoms with Gasteiger partial charge >= 0.3 is 0 Å². The Morgan fingerprint density at radius 2 is 2.17 bits per heavy atom. The van der Waals surface area contributed by atoms with Gasteiger partial charge in [-0.3, -0.25) is 9.59 Å². The normalized spacial score (nSPS) is 14.0. The molecule has 2 atom stereocenters. The smallest absolute Gasteiger partial charge is 0.185 e. The molecule has 0 aliphatic heterocycles. The Bertz CT molecular complexity index is 450. The van der Waals surface area contributed by atoms with Gasteiger partial charge in [0.2, 0.25) is 0 Å². The highest BCUT2D eigenvalue weighted by Gasteiger charge is 2.20. The molecule has 1 aromatic carbocycles. The van der Waals surface area contributed by atoms with Crippen LogP contribution in [0.15, 0.2) is 18.2 Å². The minimum Gasteiger partial charge on any atom is -0.389 e. The molecule has 6 heteroatoms. The van der Waals surface area contributed by atoms with Crippen molar-refractivity contribution in [2.24, 2.45) is 0 Å². The van der Waals surface area contributed by atoms with Crippen LogP contribution in [-0.2, 0) is 4.79 Å². The van der Waals surface area contributed by atoms with Crippen LogP contribution in [0, 0.1) is 5.82 Å². The molecule has 0 radical (unpaired) electrons. The van der Waals surface area contributed by atoms with E-state index < -0.39 is 18.0 Å². The van der Waals surface area contributed by atoms with Crippen molar-refractivity contribution < 1.29 is 24.2 Å². The lowest BCUT2D eigenvalue weighted by molar-refractivity contribution is -0.109. The Balaban J connectivity index is 2.76. The first-order valence-corrected chi connectivity index (χ1v) is 6.18. The number of hydrogen-bond acceptors (Lipinski definition) is 5. The van der Waals surface area contributed by atoms with E-state index in [0.29, 0.717) is 6.29 Å². The van der Waals surface area contributed by atoms with Crippen LogP contribution < -0.4 is 0 Å². The van der Waals surface area contributed by atoms with Crippen LogP contribution in [-0.4, -0.2) is 33.5 Å². The van der Waals surface area contributed by atoms with Crippen molar-refractivity contribution in [1.82, 2.24) is 0 Å². The third-order valence-corrected chi connectivity index (χ3v) is 3.23. The van der Waals surface area contributed by atoms with Crippen molar-refractivity contribution in [3.05, 3.63) is 35.1 Å². The van der Waals surface area contributed by atoms with Crippen molar-refractivity contribution in [2.45, 2.75) is 19.1 Å². The molecule has 2 N–H and O–H groups in total. The zero-order chi connectivity index (χ0) is 13.7. The fourth-order valence-corrected chi connectivity index (χ4v) is 1.93. The third kappa shape index (κ3) is 3.90. The Hall–Kier alpha value is -1.24. The summed E-state index contributed by atoms with van der Waals surface area (Å²) < 4.78 is 13.3. The molecule has 1 rings (SSSR count).